The van der Waals surface area contributed by atoms with Crippen molar-refractivity contribution >= 4 is 131 Å². The van der Waals surface area contributed by atoms with E-state index in [1.165, 1.54) is 58.5 Å². The Labute approximate surface area is 682 Å². The summed E-state index contributed by atoms with van der Waals surface area (Å²) in [5.41, 5.74) is 14.6. The molecule has 109 heavy (non-hydrogen) atoms. The number of anilines is 1. The van der Waals surface area contributed by atoms with Crippen LogP contribution in [0.2, 0.25) is 0 Å². The molecule has 0 bridgehead atoms. The average Bonchev–Trinajstić information content (AvgIpc) is 0.865. The third kappa shape index (κ3) is 42.4. The molecule has 0 aliphatic heterocycles. The Kier molecular flexibility index (Phi) is 52.7. The Balaban J connectivity index is 0.00000142. The van der Waals surface area contributed by atoms with Crippen LogP contribution in [0.3, 0.4) is 0 Å². The third-order valence-electron chi connectivity index (χ3n) is 13.6. The van der Waals surface area contributed by atoms with Crippen molar-refractivity contribution in [3.63, 3.8) is 0 Å². The molecule has 0 aliphatic carbocycles. The summed E-state index contributed by atoms with van der Waals surface area (Å²) in [5.74, 6) is 1.10. The summed E-state index contributed by atoms with van der Waals surface area (Å²) in [6.07, 6.45) is 7.85. The van der Waals surface area contributed by atoms with Gasteiger partial charge in [-0.1, -0.05) is 7.40 Å². The predicted molar refractivity (Wildman–Crippen MR) is 436 cm³/mol. The second-order valence-corrected chi connectivity index (χ2v) is 26.9. The number of rotatable bonds is 30. The van der Waals surface area contributed by atoms with Gasteiger partial charge in [0.1, 0.15) is 12.3 Å². The van der Waals surface area contributed by atoms with Gasteiger partial charge < -0.3 is 61.1 Å². The molecule has 578 valence electrons. The van der Waals surface area contributed by atoms with E-state index in [-0.39, 0.29) is 97.0 Å². The molecule has 8 aromatic rings. The maximum absolute atomic E-state index is 13.1. The van der Waals surface area contributed by atoms with E-state index >= 15 is 0 Å². The van der Waals surface area contributed by atoms with E-state index in [0.29, 0.717) is 52.7 Å². The standard InChI is InChI=1S/C28H39N4O4PS.C16H16N2O2S.C14H12N2O2S.C9H9NO3.C7H9NS.C2H4O2.CH4.H3N2O.Na/c1-20(2)32(21(3)4)37(35-17-16-29-6)36-22(5)24(19-33)18-28(34)23-8-10-25(11-9-23)30-31-26-12-14-27(38-7)15-13-26;1-3-20-16(19)12-4-6-13(7-5-12)17-18-14-8-10-15(21-2)11-9-14;1-19-13-8-6-12(7-9-13)16-15-11-4-2-10(3-5-11)14(17)18;1-2-13-9(11)7-3-5-8(10-12)6-4-7;1-9-7-4-2-6(8)3-5-7;1-2(3)4;;1-2-3;/h8-15,20-22,24,33H,16-19H2,1-5,7H3;4-11H,3H2,1-2H3;2-9H,1H3,(H,17,18);3-6H,2H2,1H3;2-5H,8H2,1H3;1H3,(H,3,4);1H4;3H,1H2;/q;;;;;;;-1;+1/t22-,24-,37?;;;;;;;;/m0......../s1/i33D;;;;;;1T;;. The summed E-state index contributed by atoms with van der Waals surface area (Å²) >= 11 is 6.74. The Morgan fingerprint density at radius 1 is 0.569 bits per heavy atom. The van der Waals surface area contributed by atoms with Crippen LogP contribution in [0.5, 0.6) is 0 Å². The van der Waals surface area contributed by atoms with E-state index in [1.54, 1.807) is 122 Å². The second kappa shape index (κ2) is 59.4. The molecular formula is C77H96N12NaO14PS4. The molecule has 8 aromatic carbocycles. The van der Waals surface area contributed by atoms with Gasteiger partial charge in [-0.05, 0) is 273 Å². The molecule has 0 aliphatic rings. The summed E-state index contributed by atoms with van der Waals surface area (Å²) in [6.45, 7) is 23.1. The quantitative estimate of drug-likeness (QED) is 0.00198. The Bertz CT molecular complexity index is 4050. The number of aliphatic hydroxyl groups is 1. The first kappa shape index (κ1) is 96.6. The topological polar surface area (TPSA) is 381 Å². The largest absolute Gasteiger partial charge is 1.00 e. The van der Waals surface area contributed by atoms with Gasteiger partial charge in [-0.25, -0.2) is 25.6 Å². The fourth-order valence-corrected chi connectivity index (χ4v) is 11.7. The smallest absolute Gasteiger partial charge is 0.488 e. The molecular weight excluding hydrogens is 1500 g/mol. The number of carboxylic acid groups (broad SMARTS) is 2. The van der Waals surface area contributed by atoms with Crippen LogP contribution in [-0.4, -0.2) is 132 Å². The van der Waals surface area contributed by atoms with Crippen molar-refractivity contribution in [2.45, 2.75) is 107 Å². The van der Waals surface area contributed by atoms with E-state index in [9.17, 15) is 24.1 Å². The number of azo groups is 3. The first-order valence-electron chi connectivity index (χ1n) is 34.2. The summed E-state index contributed by atoms with van der Waals surface area (Å²) in [6, 6.07) is 57.6. The van der Waals surface area contributed by atoms with Crippen LogP contribution < -0.4 is 41.1 Å². The van der Waals surface area contributed by atoms with Gasteiger partial charge in [0.25, 0.3) is 14.5 Å². The Morgan fingerprint density at radius 3 is 1.14 bits per heavy atom. The number of nitrogens with zero attached hydrogens (tertiary/aromatic N) is 10. The van der Waals surface area contributed by atoms with Crippen LogP contribution in [0.1, 0.15) is 112 Å². The van der Waals surface area contributed by atoms with Crippen LogP contribution in [0.4, 0.5) is 45.5 Å². The van der Waals surface area contributed by atoms with Crippen molar-refractivity contribution in [3.05, 3.63) is 238 Å². The van der Waals surface area contributed by atoms with Gasteiger partial charge in [-0.3, -0.25) is 9.59 Å². The number of nitrogens with two attached hydrogens (primary N) is 2. The number of aliphatic carboxylic acids is 1. The number of esters is 2. The molecule has 8 N–H and O–H groups in total. The van der Waals surface area contributed by atoms with Crippen molar-refractivity contribution < 1.29 is 94.0 Å². The molecule has 3 atom stereocenters. The third-order valence-corrected chi connectivity index (χ3v) is 18.8. The number of carbonyl (C=O) groups is 5. The number of aliphatic hydroxyl groups excluding tert-OH is 1. The van der Waals surface area contributed by atoms with E-state index in [0.717, 1.165) is 34.6 Å². The van der Waals surface area contributed by atoms with Crippen LogP contribution in [0.15, 0.2) is 250 Å². The minimum absolute atomic E-state index is 0. The van der Waals surface area contributed by atoms with Gasteiger partial charge >= 0.3 is 47.5 Å². The van der Waals surface area contributed by atoms with Crippen molar-refractivity contribution in [3.8, 4) is 0 Å². The fourth-order valence-electron chi connectivity index (χ4n) is 8.27. The summed E-state index contributed by atoms with van der Waals surface area (Å²) in [5, 5.41) is 55.6. The number of benzene rings is 8. The van der Waals surface area contributed by atoms with Gasteiger partial charge in [0.2, 0.25) is 7.98 Å². The van der Waals surface area contributed by atoms with Crippen molar-refractivity contribution in [1.82, 2.24) is 4.67 Å². The number of ketones is 1. The van der Waals surface area contributed by atoms with E-state index < -0.39 is 26.6 Å². The molecule has 0 amide bonds. The number of carbonyl (C=O) groups excluding carboxylic acids is 3. The number of nitrogen functional groups attached to an aromatic ring is 1. The molecule has 0 heterocycles. The van der Waals surface area contributed by atoms with Crippen LogP contribution >= 0.6 is 55.6 Å². The van der Waals surface area contributed by atoms with Crippen molar-refractivity contribution in [1.29, 1.82) is 1.43 Å². The first-order chi connectivity index (χ1) is 52.8. The number of Topliss-reactive ketones (excluding diaryl/α,β-unsaturated/α-hetero) is 1. The molecule has 0 saturated carbocycles. The maximum atomic E-state index is 13.1. The molecule has 26 nitrogen and oxygen atoms in total. The van der Waals surface area contributed by atoms with E-state index in [2.05, 4.69) is 78.9 Å². The van der Waals surface area contributed by atoms with Gasteiger partial charge in [-0.2, -0.15) is 30.7 Å². The Morgan fingerprint density at radius 2 is 0.862 bits per heavy atom. The molecule has 0 spiro atoms. The van der Waals surface area contributed by atoms with Crippen molar-refractivity contribution in [2.24, 2.45) is 47.6 Å². The number of ether oxygens (including phenoxy) is 2. The van der Waals surface area contributed by atoms with Crippen LogP contribution in [0.25, 0.3) is 10.4 Å². The number of thioether (sulfide) groups is 4. The van der Waals surface area contributed by atoms with Crippen LogP contribution in [0, 0.1) is 17.4 Å². The summed E-state index contributed by atoms with van der Waals surface area (Å²) in [4.78, 5) is 73.7. The van der Waals surface area contributed by atoms with Gasteiger partial charge in [-0.15, -0.1) is 52.0 Å². The second-order valence-electron chi connectivity index (χ2n) is 22.0. The van der Waals surface area contributed by atoms with Crippen LogP contribution in [-0.2, 0) is 23.3 Å². The zero-order chi connectivity index (χ0) is 82.2. The summed E-state index contributed by atoms with van der Waals surface area (Å²) < 4.78 is 37.2. The molecule has 8 rings (SSSR count). The average molecular weight is 1600 g/mol. The number of carboxylic acids is 2. The van der Waals surface area contributed by atoms with E-state index in [4.69, 9.17) is 59.0 Å². The SMILES string of the molecule is CC(=O)O.CCOC(=O)c1ccc(N=Nc2ccc(SC)cc2)cc1.CCOC(=O)c1ccc(N=O)cc1.CSc1ccc(N)cc1.CSc1ccc(N=Nc2ccc(C(=O)O)cc2)cc1.N[N-]O.[2H]OC[C@H](CC(=O)c1ccc(N=Nc2ccc(SC)cc2)cc1)[C@H](C)OP(OCC[N+]#[C-])N(C(C)C)C(C)C.[3H]C.[Na+]. The predicted octanol–water partition coefficient (Wildman–Crippen LogP) is 18.8. The molecule has 0 saturated heterocycles. The van der Waals surface area contributed by atoms with Crippen molar-refractivity contribution in [2.75, 3.05) is 63.7 Å². The molecule has 0 radical (unpaired) electrons. The number of nitroso groups, excluding NO2 is 1. The minimum Gasteiger partial charge on any atom is -0.488 e. The van der Waals surface area contributed by atoms with Gasteiger partial charge in [0.15, 0.2) is 5.78 Å². The normalized spacial score (nSPS) is 11.4. The molecule has 1 unspecified atom stereocenters. The van der Waals surface area contributed by atoms with Gasteiger partial charge in [0, 0.05) is 70.2 Å². The minimum atomic E-state index is -1.47. The molecule has 0 fully saturated rings. The zero-order valence-electron chi connectivity index (χ0n) is 65.6. The Hall–Kier alpha value is -8.45. The zero-order valence-corrected chi connectivity index (χ0v) is 69.7. The maximum Gasteiger partial charge on any atom is 1.00 e. The number of aromatic carboxylic acids is 1. The molecule has 32 heteroatoms. The number of hydrogen-bond donors (Lipinski definition) is 6. The van der Waals surface area contributed by atoms with Gasteiger partial charge in [0.05, 0.1) is 70.1 Å². The summed E-state index contributed by atoms with van der Waals surface area (Å²) in [7, 11) is -0.219. The first-order valence-corrected chi connectivity index (χ1v) is 38.8. The number of hydrogen-bond acceptors (Lipinski definition) is 26. The van der Waals surface area contributed by atoms with E-state index in [1.807, 2.05) is 135 Å². The fraction of sp³-hybridized carbons (Fsp3) is 0.299. The molecule has 0 aromatic heterocycles. The monoisotopic (exact) mass is 1600 g/mol.